The third-order valence-corrected chi connectivity index (χ3v) is 3.03. The molecule has 0 spiro atoms. The van der Waals surface area contributed by atoms with E-state index < -0.39 is 0 Å². The number of H-pyrrole nitrogens is 1. The van der Waals surface area contributed by atoms with Crippen LogP contribution in [0.1, 0.15) is 25.1 Å². The average Bonchev–Trinajstić information content (AvgIpc) is 2.71. The first-order chi connectivity index (χ1) is 8.09. The van der Waals surface area contributed by atoms with Gasteiger partial charge >= 0.3 is 0 Å². The fraction of sp³-hybridized carbons (Fsp3) is 0.500. The number of aromatic amines is 1. The van der Waals surface area contributed by atoms with Crippen LogP contribution in [0.5, 0.6) is 0 Å². The van der Waals surface area contributed by atoms with E-state index in [9.17, 15) is 4.79 Å². The lowest BCUT2D eigenvalue weighted by atomic mass is 10.2. The van der Waals surface area contributed by atoms with Gasteiger partial charge in [-0.3, -0.25) is 9.78 Å². The summed E-state index contributed by atoms with van der Waals surface area (Å²) in [6.45, 7) is 5.26. The molecule has 0 saturated carbocycles. The molecule has 0 aromatic carbocycles. The van der Waals surface area contributed by atoms with E-state index in [1.165, 1.54) is 0 Å². The number of hydrogen-bond acceptors (Lipinski definition) is 3. The maximum Gasteiger partial charge on any atom is 0.255 e. The summed E-state index contributed by atoms with van der Waals surface area (Å²) in [5, 5.41) is 0. The van der Waals surface area contributed by atoms with Gasteiger partial charge in [0.05, 0.1) is 18.4 Å². The van der Waals surface area contributed by atoms with Gasteiger partial charge in [-0.15, -0.1) is 0 Å². The zero-order chi connectivity index (χ0) is 12.4. The molecule has 0 bridgehead atoms. The Labute approximate surface area is 105 Å². The van der Waals surface area contributed by atoms with E-state index in [-0.39, 0.29) is 11.7 Å². The van der Waals surface area contributed by atoms with Gasteiger partial charge in [0, 0.05) is 12.1 Å². The number of fused-ring (bicyclic) bond motifs is 1. The lowest BCUT2D eigenvalue weighted by molar-refractivity contribution is 0.0722. The van der Waals surface area contributed by atoms with Gasteiger partial charge in [-0.25, -0.2) is 0 Å². The molecule has 92 valence electrons. The molecule has 0 saturated heterocycles. The van der Waals surface area contributed by atoms with E-state index in [1.807, 2.05) is 30.6 Å². The number of aromatic nitrogens is 2. The number of rotatable bonds is 4. The minimum Gasteiger partial charge on any atom is -0.377 e. The van der Waals surface area contributed by atoms with Gasteiger partial charge in [0.2, 0.25) is 0 Å². The Balaban J connectivity index is 2.28. The second kappa shape index (κ2) is 4.98. The van der Waals surface area contributed by atoms with Crippen molar-refractivity contribution in [3.05, 3.63) is 32.5 Å². The molecular formula is C12H16N2O2S. The Kier molecular flexibility index (Phi) is 3.59. The van der Waals surface area contributed by atoms with Crippen LogP contribution in [0.3, 0.4) is 0 Å². The molecule has 4 nitrogen and oxygen atoms in total. The van der Waals surface area contributed by atoms with Crippen LogP contribution in [0.15, 0.2) is 10.9 Å². The van der Waals surface area contributed by atoms with E-state index in [0.29, 0.717) is 24.3 Å². The summed E-state index contributed by atoms with van der Waals surface area (Å²) in [5.41, 5.74) is 1.64. The van der Waals surface area contributed by atoms with Gasteiger partial charge in [0.1, 0.15) is 0 Å². The van der Waals surface area contributed by atoms with Crippen molar-refractivity contribution in [2.75, 3.05) is 6.61 Å². The minimum absolute atomic E-state index is 0.0731. The van der Waals surface area contributed by atoms with Gasteiger partial charge in [0.25, 0.3) is 5.56 Å². The Morgan fingerprint density at radius 2 is 2.35 bits per heavy atom. The summed E-state index contributed by atoms with van der Waals surface area (Å²) >= 11 is 5.18. The number of allylic oxidation sites excluding steroid dienone is 1. The SMILES string of the molecule is CC(C)OCCn1c2c(c(=O)[nH]c1=S)CC=C2. The molecule has 1 heterocycles. The number of ether oxygens (including phenoxy) is 1. The second-order valence-corrected chi connectivity index (χ2v) is 4.69. The smallest absolute Gasteiger partial charge is 0.255 e. The Hall–Kier alpha value is -1.20. The summed E-state index contributed by atoms with van der Waals surface area (Å²) in [4.78, 5) is 14.4. The monoisotopic (exact) mass is 252 g/mol. The lowest BCUT2D eigenvalue weighted by Gasteiger charge is -2.13. The van der Waals surface area contributed by atoms with Crippen LogP contribution in [-0.4, -0.2) is 22.3 Å². The fourth-order valence-corrected chi connectivity index (χ4v) is 2.19. The van der Waals surface area contributed by atoms with Crippen molar-refractivity contribution in [2.45, 2.75) is 32.9 Å². The van der Waals surface area contributed by atoms with Crippen molar-refractivity contribution in [2.24, 2.45) is 0 Å². The van der Waals surface area contributed by atoms with Gasteiger partial charge < -0.3 is 9.30 Å². The molecule has 1 N–H and O–H groups in total. The standard InChI is InChI=1S/C12H16N2O2S/c1-8(2)16-7-6-14-10-5-3-4-9(10)11(15)13-12(14)17/h3,5,8H,4,6-7H2,1-2H3,(H,13,15,17). The van der Waals surface area contributed by atoms with E-state index in [1.54, 1.807) is 0 Å². The number of nitrogens with zero attached hydrogens (tertiary/aromatic N) is 1. The van der Waals surface area contributed by atoms with Gasteiger partial charge in [0.15, 0.2) is 4.77 Å². The van der Waals surface area contributed by atoms with E-state index in [2.05, 4.69) is 4.98 Å². The first kappa shape index (κ1) is 12.3. The molecular weight excluding hydrogens is 236 g/mol. The molecule has 5 heteroatoms. The number of hydrogen-bond donors (Lipinski definition) is 1. The van der Waals surface area contributed by atoms with Crippen molar-refractivity contribution in [3.8, 4) is 0 Å². The minimum atomic E-state index is -0.0731. The first-order valence-electron chi connectivity index (χ1n) is 5.73. The van der Waals surface area contributed by atoms with Gasteiger partial charge in [-0.1, -0.05) is 6.08 Å². The molecule has 0 radical (unpaired) electrons. The third kappa shape index (κ3) is 2.56. The molecule has 2 rings (SSSR count). The number of nitrogens with one attached hydrogen (secondary N) is 1. The highest BCUT2D eigenvalue weighted by Crippen LogP contribution is 2.15. The van der Waals surface area contributed by atoms with E-state index in [4.69, 9.17) is 17.0 Å². The van der Waals surface area contributed by atoms with Crippen LogP contribution < -0.4 is 5.56 Å². The van der Waals surface area contributed by atoms with Crippen LogP contribution >= 0.6 is 12.2 Å². The highest BCUT2D eigenvalue weighted by atomic mass is 32.1. The zero-order valence-corrected chi connectivity index (χ0v) is 10.8. The summed E-state index contributed by atoms with van der Waals surface area (Å²) in [6.07, 6.45) is 4.82. The van der Waals surface area contributed by atoms with Crippen molar-refractivity contribution >= 4 is 18.3 Å². The molecule has 1 aromatic rings. The molecule has 0 atom stereocenters. The van der Waals surface area contributed by atoms with Crippen molar-refractivity contribution in [3.63, 3.8) is 0 Å². The highest BCUT2D eigenvalue weighted by molar-refractivity contribution is 7.71. The highest BCUT2D eigenvalue weighted by Gasteiger charge is 2.14. The zero-order valence-electron chi connectivity index (χ0n) is 10.0. The maximum atomic E-state index is 11.7. The van der Waals surface area contributed by atoms with Crippen LogP contribution in [0.4, 0.5) is 0 Å². The van der Waals surface area contributed by atoms with E-state index in [0.717, 1.165) is 11.3 Å². The van der Waals surface area contributed by atoms with Crippen LogP contribution in [0.2, 0.25) is 0 Å². The fourth-order valence-electron chi connectivity index (χ4n) is 1.91. The van der Waals surface area contributed by atoms with Crippen molar-refractivity contribution in [1.82, 2.24) is 9.55 Å². The molecule has 0 unspecified atom stereocenters. The van der Waals surface area contributed by atoms with Gasteiger partial charge in [-0.05, 0) is 38.6 Å². The summed E-state index contributed by atoms with van der Waals surface area (Å²) in [7, 11) is 0. The first-order valence-corrected chi connectivity index (χ1v) is 6.14. The Morgan fingerprint density at radius 3 is 3.06 bits per heavy atom. The molecule has 0 amide bonds. The molecule has 1 aliphatic carbocycles. The normalized spacial score (nSPS) is 13.4. The topological polar surface area (TPSA) is 47.0 Å². The van der Waals surface area contributed by atoms with Crippen LogP contribution in [0, 0.1) is 4.77 Å². The van der Waals surface area contributed by atoms with Crippen molar-refractivity contribution in [1.29, 1.82) is 0 Å². The van der Waals surface area contributed by atoms with Gasteiger partial charge in [-0.2, -0.15) is 0 Å². The van der Waals surface area contributed by atoms with Crippen molar-refractivity contribution < 1.29 is 4.74 Å². The van der Waals surface area contributed by atoms with E-state index >= 15 is 0 Å². The summed E-state index contributed by atoms with van der Waals surface area (Å²) in [5.74, 6) is 0. The Bertz CT molecular complexity index is 555. The predicted octanol–water partition coefficient (Wildman–Crippen LogP) is 1.90. The molecule has 1 aromatic heterocycles. The summed E-state index contributed by atoms with van der Waals surface area (Å²) < 4.78 is 7.90. The third-order valence-electron chi connectivity index (χ3n) is 2.70. The second-order valence-electron chi connectivity index (χ2n) is 4.30. The molecule has 17 heavy (non-hydrogen) atoms. The molecule has 0 aliphatic heterocycles. The predicted molar refractivity (Wildman–Crippen MR) is 69.7 cm³/mol. The maximum absolute atomic E-state index is 11.7. The lowest BCUT2D eigenvalue weighted by Crippen LogP contribution is -2.22. The quantitative estimate of drug-likeness (QED) is 0.833. The average molecular weight is 252 g/mol. The summed E-state index contributed by atoms with van der Waals surface area (Å²) in [6, 6.07) is 0. The van der Waals surface area contributed by atoms with Crippen LogP contribution in [0.25, 0.3) is 6.08 Å². The largest absolute Gasteiger partial charge is 0.377 e. The molecule has 1 aliphatic rings. The Morgan fingerprint density at radius 1 is 1.59 bits per heavy atom. The molecule has 0 fully saturated rings. The van der Waals surface area contributed by atoms with Crippen LogP contribution in [-0.2, 0) is 17.7 Å².